The van der Waals surface area contributed by atoms with Gasteiger partial charge in [-0.25, -0.2) is 0 Å². The van der Waals surface area contributed by atoms with Crippen molar-refractivity contribution in [3.8, 4) is 0 Å². The van der Waals surface area contributed by atoms with Crippen molar-refractivity contribution in [3.05, 3.63) is 22.4 Å². The molecule has 1 saturated heterocycles. The molecule has 0 radical (unpaired) electrons. The lowest BCUT2D eigenvalue weighted by Crippen LogP contribution is -2.44. The molecule has 2 fully saturated rings. The van der Waals surface area contributed by atoms with E-state index in [4.69, 9.17) is 4.74 Å². The van der Waals surface area contributed by atoms with Crippen molar-refractivity contribution in [1.82, 2.24) is 5.32 Å². The third-order valence-electron chi connectivity index (χ3n) is 5.50. The molecule has 118 valence electrons. The molecule has 0 bridgehead atoms. The van der Waals surface area contributed by atoms with E-state index in [9.17, 15) is 0 Å². The number of hydrogen-bond donors (Lipinski definition) is 1. The van der Waals surface area contributed by atoms with Gasteiger partial charge in [-0.1, -0.05) is 18.9 Å². The number of hydrogen-bond acceptors (Lipinski definition) is 3. The average Bonchev–Trinajstić information content (AvgIpc) is 3.16. The fraction of sp³-hybridized carbons (Fsp3) is 0.778. The standard InChI is InChI=1S/C18H29NOS/c1-19-17(8-4-6-16-7-5-13-21-16)15-9-12-20-18(14-15)10-2-3-11-18/h5,7,13,15,17,19H,2-4,6,8-12,14H2,1H3. The van der Waals surface area contributed by atoms with Crippen LogP contribution in [0.3, 0.4) is 0 Å². The van der Waals surface area contributed by atoms with Crippen molar-refractivity contribution < 1.29 is 4.74 Å². The number of rotatable bonds is 6. The Labute approximate surface area is 133 Å². The maximum Gasteiger partial charge on any atom is 0.0685 e. The molecular weight excluding hydrogens is 278 g/mol. The number of thiophene rings is 1. The maximum atomic E-state index is 6.19. The minimum absolute atomic E-state index is 0.256. The summed E-state index contributed by atoms with van der Waals surface area (Å²) >= 11 is 1.89. The van der Waals surface area contributed by atoms with Gasteiger partial charge in [0, 0.05) is 17.5 Å². The molecule has 2 unspecified atom stereocenters. The molecule has 0 aromatic carbocycles. The van der Waals surface area contributed by atoms with E-state index in [1.54, 1.807) is 0 Å². The molecule has 2 aliphatic rings. The van der Waals surface area contributed by atoms with Gasteiger partial charge < -0.3 is 10.1 Å². The topological polar surface area (TPSA) is 21.3 Å². The summed E-state index contributed by atoms with van der Waals surface area (Å²) < 4.78 is 6.19. The molecule has 1 N–H and O–H groups in total. The van der Waals surface area contributed by atoms with Crippen LogP contribution in [0.5, 0.6) is 0 Å². The first kappa shape index (κ1) is 15.5. The Hall–Kier alpha value is -0.380. The lowest BCUT2D eigenvalue weighted by Gasteiger charge is -2.41. The van der Waals surface area contributed by atoms with Crippen LogP contribution >= 0.6 is 11.3 Å². The quantitative estimate of drug-likeness (QED) is 0.841. The Morgan fingerprint density at radius 3 is 3.00 bits per heavy atom. The van der Waals surface area contributed by atoms with E-state index in [1.807, 2.05) is 11.3 Å². The Bertz CT molecular complexity index is 411. The minimum Gasteiger partial charge on any atom is -0.375 e. The van der Waals surface area contributed by atoms with E-state index in [0.717, 1.165) is 12.5 Å². The zero-order valence-corrected chi connectivity index (χ0v) is 14.1. The number of nitrogens with one attached hydrogen (secondary N) is 1. The van der Waals surface area contributed by atoms with Gasteiger partial charge in [0.05, 0.1) is 5.60 Å². The van der Waals surface area contributed by atoms with Crippen molar-refractivity contribution >= 4 is 11.3 Å². The van der Waals surface area contributed by atoms with Gasteiger partial charge in [-0.15, -0.1) is 11.3 Å². The predicted octanol–water partition coefficient (Wildman–Crippen LogP) is 4.40. The SMILES string of the molecule is CNC(CCCc1cccs1)C1CCOC2(CCCC2)C1. The highest BCUT2D eigenvalue weighted by Gasteiger charge is 2.41. The molecule has 1 aromatic heterocycles. The Morgan fingerprint density at radius 1 is 1.43 bits per heavy atom. The molecule has 0 amide bonds. The molecular formula is C18H29NOS. The van der Waals surface area contributed by atoms with Crippen LogP contribution in [0.4, 0.5) is 0 Å². The monoisotopic (exact) mass is 307 g/mol. The normalized spacial score (nSPS) is 26.2. The van der Waals surface area contributed by atoms with Crippen LogP contribution in [0.25, 0.3) is 0 Å². The second-order valence-corrected chi connectivity index (χ2v) is 7.89. The summed E-state index contributed by atoms with van der Waals surface area (Å²) in [4.78, 5) is 1.53. The zero-order valence-electron chi connectivity index (χ0n) is 13.3. The Kier molecular flexibility index (Phi) is 5.36. The second kappa shape index (κ2) is 7.26. The van der Waals surface area contributed by atoms with Gasteiger partial charge in [0.1, 0.15) is 0 Å². The fourth-order valence-corrected chi connectivity index (χ4v) is 5.09. The summed E-state index contributed by atoms with van der Waals surface area (Å²) in [5.74, 6) is 0.810. The van der Waals surface area contributed by atoms with Crippen LogP contribution < -0.4 is 5.32 Å². The third kappa shape index (κ3) is 3.88. The van der Waals surface area contributed by atoms with E-state index >= 15 is 0 Å². The van der Waals surface area contributed by atoms with Crippen LogP contribution in [-0.2, 0) is 11.2 Å². The number of ether oxygens (including phenoxy) is 1. The smallest absolute Gasteiger partial charge is 0.0685 e. The van der Waals surface area contributed by atoms with Crippen LogP contribution in [0.15, 0.2) is 17.5 Å². The van der Waals surface area contributed by atoms with Gasteiger partial charge in [0.25, 0.3) is 0 Å². The summed E-state index contributed by atoms with van der Waals surface area (Å²) in [6, 6.07) is 5.10. The van der Waals surface area contributed by atoms with E-state index < -0.39 is 0 Å². The maximum absolute atomic E-state index is 6.19. The first-order valence-corrected chi connectivity index (χ1v) is 9.53. The van der Waals surface area contributed by atoms with Crippen molar-refractivity contribution in [2.45, 2.75) is 69.4 Å². The highest BCUT2D eigenvalue weighted by atomic mass is 32.1. The summed E-state index contributed by atoms with van der Waals surface area (Å²) in [5.41, 5.74) is 0.256. The highest BCUT2D eigenvalue weighted by molar-refractivity contribution is 7.09. The van der Waals surface area contributed by atoms with Gasteiger partial charge in [-0.05, 0) is 69.4 Å². The average molecular weight is 308 g/mol. The predicted molar refractivity (Wildman–Crippen MR) is 90.0 cm³/mol. The molecule has 3 heteroatoms. The van der Waals surface area contributed by atoms with Gasteiger partial charge in [0.2, 0.25) is 0 Å². The summed E-state index contributed by atoms with van der Waals surface area (Å²) in [6.07, 6.45) is 11.7. The summed E-state index contributed by atoms with van der Waals surface area (Å²) in [5, 5.41) is 5.79. The van der Waals surface area contributed by atoms with Gasteiger partial charge in [0.15, 0.2) is 0 Å². The van der Waals surface area contributed by atoms with Crippen molar-refractivity contribution in [1.29, 1.82) is 0 Å². The van der Waals surface area contributed by atoms with E-state index in [0.29, 0.717) is 6.04 Å². The van der Waals surface area contributed by atoms with Gasteiger partial charge in [-0.2, -0.15) is 0 Å². The molecule has 2 atom stereocenters. The minimum atomic E-state index is 0.256. The first-order valence-electron chi connectivity index (χ1n) is 8.65. The first-order chi connectivity index (χ1) is 10.3. The molecule has 3 rings (SSSR count). The van der Waals surface area contributed by atoms with E-state index in [2.05, 4.69) is 29.9 Å². The van der Waals surface area contributed by atoms with Gasteiger partial charge in [-0.3, -0.25) is 0 Å². The third-order valence-corrected chi connectivity index (χ3v) is 6.44. The molecule has 1 aliphatic carbocycles. The molecule has 2 nitrogen and oxygen atoms in total. The second-order valence-electron chi connectivity index (χ2n) is 6.86. The van der Waals surface area contributed by atoms with Crippen LogP contribution in [0.2, 0.25) is 0 Å². The van der Waals surface area contributed by atoms with Crippen LogP contribution in [-0.4, -0.2) is 25.3 Å². The van der Waals surface area contributed by atoms with E-state index in [1.165, 1.54) is 62.7 Å². The molecule has 1 spiro atoms. The van der Waals surface area contributed by atoms with E-state index in [-0.39, 0.29) is 5.60 Å². The van der Waals surface area contributed by atoms with Crippen molar-refractivity contribution in [2.75, 3.05) is 13.7 Å². The molecule has 1 saturated carbocycles. The zero-order chi connectivity index (χ0) is 14.5. The summed E-state index contributed by atoms with van der Waals surface area (Å²) in [6.45, 7) is 0.980. The highest BCUT2D eigenvalue weighted by Crippen LogP contribution is 2.43. The molecule has 1 aliphatic heterocycles. The van der Waals surface area contributed by atoms with Crippen LogP contribution in [0, 0.1) is 5.92 Å². The molecule has 2 heterocycles. The largest absolute Gasteiger partial charge is 0.375 e. The Balaban J connectivity index is 1.50. The fourth-order valence-electron chi connectivity index (χ4n) is 4.34. The Morgan fingerprint density at radius 2 is 2.29 bits per heavy atom. The van der Waals surface area contributed by atoms with Gasteiger partial charge >= 0.3 is 0 Å². The molecule has 21 heavy (non-hydrogen) atoms. The van der Waals surface area contributed by atoms with Crippen molar-refractivity contribution in [2.24, 2.45) is 5.92 Å². The number of aryl methyl sites for hydroxylation is 1. The summed E-state index contributed by atoms with van der Waals surface area (Å²) in [7, 11) is 2.15. The lowest BCUT2D eigenvalue weighted by molar-refractivity contribution is -0.0980. The van der Waals surface area contributed by atoms with Crippen molar-refractivity contribution in [3.63, 3.8) is 0 Å². The van der Waals surface area contributed by atoms with Crippen LogP contribution in [0.1, 0.15) is 56.2 Å². The molecule has 1 aromatic rings. The lowest BCUT2D eigenvalue weighted by atomic mass is 9.79.